The van der Waals surface area contributed by atoms with Crippen LogP contribution in [0.15, 0.2) is 41.1 Å². The van der Waals surface area contributed by atoms with Crippen molar-refractivity contribution in [3.63, 3.8) is 0 Å². The predicted molar refractivity (Wildman–Crippen MR) is 56.9 cm³/mol. The number of aromatic nitrogens is 1. The Labute approximate surface area is 88.7 Å². The summed E-state index contributed by atoms with van der Waals surface area (Å²) in [5.41, 5.74) is 1.20. The van der Waals surface area contributed by atoms with Crippen molar-refractivity contribution >= 4 is 0 Å². The second-order valence-corrected chi connectivity index (χ2v) is 3.39. The molecule has 1 aromatic carbocycles. The van der Waals surface area contributed by atoms with Gasteiger partial charge in [0.2, 0.25) is 0 Å². The van der Waals surface area contributed by atoms with Gasteiger partial charge in [-0.15, -0.1) is 0 Å². The van der Waals surface area contributed by atoms with E-state index in [-0.39, 0.29) is 0 Å². The molecule has 0 fully saturated rings. The SMILES string of the molecule is Cc1cccc(OCCc2ccno2)c1. The Morgan fingerprint density at radius 2 is 2.27 bits per heavy atom. The fraction of sp³-hybridized carbons (Fsp3) is 0.250. The third kappa shape index (κ3) is 2.84. The van der Waals surface area contributed by atoms with Gasteiger partial charge in [-0.05, 0) is 24.6 Å². The van der Waals surface area contributed by atoms with Gasteiger partial charge in [-0.25, -0.2) is 0 Å². The van der Waals surface area contributed by atoms with Crippen LogP contribution in [0.5, 0.6) is 5.75 Å². The van der Waals surface area contributed by atoms with Crippen molar-refractivity contribution in [2.24, 2.45) is 0 Å². The lowest BCUT2D eigenvalue weighted by Crippen LogP contribution is -2.00. The van der Waals surface area contributed by atoms with Crippen LogP contribution < -0.4 is 4.74 Å². The van der Waals surface area contributed by atoms with E-state index in [0.29, 0.717) is 6.61 Å². The van der Waals surface area contributed by atoms with Crippen molar-refractivity contribution in [2.75, 3.05) is 6.61 Å². The number of hydrogen-bond acceptors (Lipinski definition) is 3. The first-order chi connectivity index (χ1) is 7.34. The van der Waals surface area contributed by atoms with Crippen LogP contribution >= 0.6 is 0 Å². The first-order valence-electron chi connectivity index (χ1n) is 4.93. The lowest BCUT2D eigenvalue weighted by Gasteiger charge is -2.04. The number of nitrogens with zero attached hydrogens (tertiary/aromatic N) is 1. The van der Waals surface area contributed by atoms with Crippen LogP contribution in [0.1, 0.15) is 11.3 Å². The van der Waals surface area contributed by atoms with E-state index in [4.69, 9.17) is 9.26 Å². The van der Waals surface area contributed by atoms with Crippen molar-refractivity contribution in [2.45, 2.75) is 13.3 Å². The Hall–Kier alpha value is -1.77. The molecule has 0 spiro atoms. The zero-order chi connectivity index (χ0) is 10.5. The summed E-state index contributed by atoms with van der Waals surface area (Å²) in [6.45, 7) is 2.65. The van der Waals surface area contributed by atoms with Gasteiger partial charge in [-0.1, -0.05) is 17.3 Å². The predicted octanol–water partition coefficient (Wildman–Crippen LogP) is 2.60. The molecular formula is C12H13NO2. The van der Waals surface area contributed by atoms with Gasteiger partial charge in [-0.2, -0.15) is 0 Å². The number of rotatable bonds is 4. The van der Waals surface area contributed by atoms with Crippen molar-refractivity contribution < 1.29 is 9.26 Å². The van der Waals surface area contributed by atoms with E-state index in [2.05, 4.69) is 5.16 Å². The molecule has 0 aliphatic carbocycles. The molecule has 78 valence electrons. The molecule has 0 aliphatic rings. The van der Waals surface area contributed by atoms with Gasteiger partial charge in [0.15, 0.2) is 0 Å². The molecular weight excluding hydrogens is 190 g/mol. The Balaban J connectivity index is 1.83. The lowest BCUT2D eigenvalue weighted by molar-refractivity contribution is 0.296. The molecule has 0 unspecified atom stereocenters. The fourth-order valence-electron chi connectivity index (χ4n) is 1.35. The molecule has 0 radical (unpaired) electrons. The molecule has 2 aromatic rings. The van der Waals surface area contributed by atoms with Crippen LogP contribution in [-0.4, -0.2) is 11.8 Å². The zero-order valence-corrected chi connectivity index (χ0v) is 8.64. The van der Waals surface area contributed by atoms with Gasteiger partial charge in [0, 0.05) is 12.5 Å². The maximum atomic E-state index is 5.57. The summed E-state index contributed by atoms with van der Waals surface area (Å²) in [5, 5.41) is 3.63. The molecule has 0 atom stereocenters. The number of hydrogen-bond donors (Lipinski definition) is 0. The molecule has 0 saturated heterocycles. The second kappa shape index (κ2) is 4.64. The molecule has 0 amide bonds. The van der Waals surface area contributed by atoms with E-state index in [1.54, 1.807) is 6.20 Å². The van der Waals surface area contributed by atoms with Crippen molar-refractivity contribution in [1.29, 1.82) is 0 Å². The van der Waals surface area contributed by atoms with Gasteiger partial charge < -0.3 is 9.26 Å². The normalized spacial score (nSPS) is 10.2. The van der Waals surface area contributed by atoms with E-state index in [1.807, 2.05) is 37.3 Å². The summed E-state index contributed by atoms with van der Waals surface area (Å²) in [7, 11) is 0. The molecule has 15 heavy (non-hydrogen) atoms. The van der Waals surface area contributed by atoms with Crippen LogP contribution in [0.4, 0.5) is 0 Å². The molecule has 0 N–H and O–H groups in total. The molecule has 0 bridgehead atoms. The largest absolute Gasteiger partial charge is 0.493 e. The maximum absolute atomic E-state index is 5.57. The standard InChI is InChI=1S/C12H13NO2/c1-10-3-2-4-12(9-10)14-8-6-11-5-7-13-15-11/h2-5,7,9H,6,8H2,1H3. The number of benzene rings is 1. The van der Waals surface area contributed by atoms with Crippen molar-refractivity contribution in [1.82, 2.24) is 5.16 Å². The maximum Gasteiger partial charge on any atom is 0.140 e. The molecule has 2 rings (SSSR count). The topological polar surface area (TPSA) is 35.3 Å². The Bertz CT molecular complexity index is 409. The van der Waals surface area contributed by atoms with Gasteiger partial charge in [0.05, 0.1) is 12.8 Å². The Kier molecular flexibility index (Phi) is 3.02. The van der Waals surface area contributed by atoms with Crippen LogP contribution in [0.25, 0.3) is 0 Å². The fourth-order valence-corrected chi connectivity index (χ4v) is 1.35. The van der Waals surface area contributed by atoms with E-state index in [1.165, 1.54) is 5.56 Å². The second-order valence-electron chi connectivity index (χ2n) is 3.39. The quantitative estimate of drug-likeness (QED) is 0.766. The van der Waals surface area contributed by atoms with Gasteiger partial charge in [0.25, 0.3) is 0 Å². The number of ether oxygens (including phenoxy) is 1. The van der Waals surface area contributed by atoms with Crippen LogP contribution in [0.2, 0.25) is 0 Å². The first-order valence-corrected chi connectivity index (χ1v) is 4.93. The minimum atomic E-state index is 0.610. The minimum absolute atomic E-state index is 0.610. The third-order valence-corrected chi connectivity index (χ3v) is 2.10. The summed E-state index contributed by atoms with van der Waals surface area (Å²) in [6, 6.07) is 9.84. The van der Waals surface area contributed by atoms with Gasteiger partial charge in [0.1, 0.15) is 11.5 Å². The monoisotopic (exact) mass is 203 g/mol. The Morgan fingerprint density at radius 3 is 3.00 bits per heavy atom. The summed E-state index contributed by atoms with van der Waals surface area (Å²) in [5.74, 6) is 1.75. The molecule has 3 nitrogen and oxygen atoms in total. The van der Waals surface area contributed by atoms with Crippen LogP contribution in [0.3, 0.4) is 0 Å². The summed E-state index contributed by atoms with van der Waals surface area (Å²) in [6.07, 6.45) is 2.38. The van der Waals surface area contributed by atoms with Crippen molar-refractivity contribution in [3.8, 4) is 5.75 Å². The average molecular weight is 203 g/mol. The molecule has 3 heteroatoms. The highest BCUT2D eigenvalue weighted by Gasteiger charge is 1.98. The highest BCUT2D eigenvalue weighted by molar-refractivity contribution is 5.27. The van der Waals surface area contributed by atoms with E-state index < -0.39 is 0 Å². The molecule has 0 saturated carbocycles. The smallest absolute Gasteiger partial charge is 0.140 e. The third-order valence-electron chi connectivity index (χ3n) is 2.10. The minimum Gasteiger partial charge on any atom is -0.493 e. The zero-order valence-electron chi connectivity index (χ0n) is 8.64. The first kappa shape index (κ1) is 9.77. The summed E-state index contributed by atoms with van der Waals surface area (Å²) in [4.78, 5) is 0. The van der Waals surface area contributed by atoms with Gasteiger partial charge >= 0.3 is 0 Å². The molecule has 1 heterocycles. The molecule has 1 aromatic heterocycles. The number of aryl methyl sites for hydroxylation is 1. The lowest BCUT2D eigenvalue weighted by atomic mass is 10.2. The van der Waals surface area contributed by atoms with Crippen LogP contribution in [0, 0.1) is 6.92 Å². The summed E-state index contributed by atoms with van der Waals surface area (Å²) >= 11 is 0. The van der Waals surface area contributed by atoms with E-state index >= 15 is 0 Å². The van der Waals surface area contributed by atoms with Crippen molar-refractivity contribution in [3.05, 3.63) is 47.9 Å². The molecule has 0 aliphatic heterocycles. The summed E-state index contributed by atoms with van der Waals surface area (Å²) < 4.78 is 10.5. The van der Waals surface area contributed by atoms with E-state index in [9.17, 15) is 0 Å². The van der Waals surface area contributed by atoms with Crippen LogP contribution in [-0.2, 0) is 6.42 Å². The van der Waals surface area contributed by atoms with E-state index in [0.717, 1.165) is 17.9 Å². The highest BCUT2D eigenvalue weighted by Crippen LogP contribution is 2.12. The highest BCUT2D eigenvalue weighted by atomic mass is 16.5. The van der Waals surface area contributed by atoms with Gasteiger partial charge in [-0.3, -0.25) is 0 Å². The Morgan fingerprint density at radius 1 is 1.33 bits per heavy atom. The average Bonchev–Trinajstić information content (AvgIpc) is 2.71.